The molecule has 0 saturated carbocycles. The molecule has 3 rings (SSSR count). The minimum absolute atomic E-state index is 0.125. The summed E-state index contributed by atoms with van der Waals surface area (Å²) in [4.78, 5) is 13.2. The van der Waals surface area contributed by atoms with Gasteiger partial charge >= 0.3 is 0 Å². The van der Waals surface area contributed by atoms with Crippen molar-refractivity contribution in [1.29, 1.82) is 0 Å². The van der Waals surface area contributed by atoms with Crippen LogP contribution in [0.2, 0.25) is 0 Å². The summed E-state index contributed by atoms with van der Waals surface area (Å²) in [6.45, 7) is 0. The van der Waals surface area contributed by atoms with Crippen LogP contribution < -0.4 is 0 Å². The van der Waals surface area contributed by atoms with Crippen LogP contribution >= 0.6 is 75.3 Å². The number of carbonyl (C=O) groups is 1. The van der Waals surface area contributed by atoms with Gasteiger partial charge in [0.05, 0.1) is 0 Å². The first-order chi connectivity index (χ1) is 14.1. The zero-order valence-electron chi connectivity index (χ0n) is 15.2. The molecule has 3 aromatic rings. The van der Waals surface area contributed by atoms with Crippen LogP contribution in [0.1, 0.15) is 16.7 Å². The van der Waals surface area contributed by atoms with Gasteiger partial charge in [0, 0.05) is 14.5 Å². The predicted molar refractivity (Wildman–Crippen MR) is 133 cm³/mol. The highest BCUT2D eigenvalue weighted by Crippen LogP contribution is 2.60. The minimum Gasteiger partial charge on any atom is -0.360 e. The molecule has 0 unspecified atom stereocenters. The van der Waals surface area contributed by atoms with E-state index in [1.54, 1.807) is 78.9 Å². The highest BCUT2D eigenvalue weighted by Gasteiger charge is 2.66. The van der Waals surface area contributed by atoms with Gasteiger partial charge in [0.2, 0.25) is 11.0 Å². The predicted octanol–water partition coefficient (Wildman–Crippen LogP) is 6.59. The van der Waals surface area contributed by atoms with E-state index in [0.29, 0.717) is 20.1 Å². The van der Waals surface area contributed by atoms with Crippen molar-refractivity contribution in [2.24, 2.45) is 0 Å². The largest absolute Gasteiger partial charge is 0.360 e. The van der Waals surface area contributed by atoms with Gasteiger partial charge in [-0.25, -0.2) is 0 Å². The lowest BCUT2D eigenvalue weighted by molar-refractivity contribution is -0.184. The first-order valence-corrected chi connectivity index (χ1v) is 12.2. The molecule has 0 bridgehead atoms. The van der Waals surface area contributed by atoms with Crippen molar-refractivity contribution >= 4 is 80.6 Å². The monoisotopic (exact) mass is 678 g/mol. The van der Waals surface area contributed by atoms with E-state index in [1.807, 2.05) is 0 Å². The van der Waals surface area contributed by atoms with E-state index in [9.17, 15) is 15.0 Å². The number of hydrogen-bond acceptors (Lipinski definition) is 3. The highest BCUT2D eigenvalue weighted by atomic mass is 79.9. The quantitative estimate of drug-likeness (QED) is 0.176. The van der Waals surface area contributed by atoms with Crippen LogP contribution in [-0.4, -0.2) is 18.7 Å². The molecule has 156 valence electrons. The summed E-state index contributed by atoms with van der Waals surface area (Å²) in [6.07, 6.45) is 0. The Kier molecular flexibility index (Phi) is 7.34. The summed E-state index contributed by atoms with van der Waals surface area (Å²) in [5.74, 6) is -2.61. The molecule has 0 radical (unpaired) electrons. The lowest BCUT2D eigenvalue weighted by Gasteiger charge is -2.48. The van der Waals surface area contributed by atoms with Crippen molar-refractivity contribution < 1.29 is 15.0 Å². The van der Waals surface area contributed by atoms with E-state index in [4.69, 9.17) is 11.6 Å². The van der Waals surface area contributed by atoms with Gasteiger partial charge in [0.1, 0.15) is 5.41 Å². The molecule has 0 fully saturated rings. The third-order valence-corrected chi connectivity index (χ3v) is 9.57. The number of benzene rings is 3. The van der Waals surface area contributed by atoms with Crippen LogP contribution in [0.25, 0.3) is 0 Å². The van der Waals surface area contributed by atoms with Gasteiger partial charge in [-0.05, 0) is 60.7 Å². The standard InChI is InChI=1S/C22H15Br4ClO3/c23-17-13-7-12-16(18(17)24)21(29,30)22(25,26)20(19(27)28,14-8-3-1-4-9-14)15-10-5-2-6-11-15/h1-13,29-30H. The van der Waals surface area contributed by atoms with Gasteiger partial charge in [0.25, 0.3) is 0 Å². The fourth-order valence-electron chi connectivity index (χ4n) is 3.46. The Balaban J connectivity index is 2.41. The van der Waals surface area contributed by atoms with E-state index in [0.717, 1.165) is 0 Å². The van der Waals surface area contributed by atoms with Crippen molar-refractivity contribution in [2.75, 3.05) is 0 Å². The van der Waals surface area contributed by atoms with Gasteiger partial charge in [-0.3, -0.25) is 4.79 Å². The molecule has 0 atom stereocenters. The van der Waals surface area contributed by atoms with Gasteiger partial charge in [-0.15, -0.1) is 0 Å². The minimum atomic E-state index is -2.61. The average molecular weight is 682 g/mol. The lowest BCUT2D eigenvalue weighted by atomic mass is 9.69. The van der Waals surface area contributed by atoms with Crippen molar-refractivity contribution in [3.63, 3.8) is 0 Å². The first-order valence-electron chi connectivity index (χ1n) is 8.66. The molecule has 3 nitrogen and oxygen atoms in total. The first kappa shape index (κ1) is 24.1. The van der Waals surface area contributed by atoms with Crippen LogP contribution in [0, 0.1) is 0 Å². The third-order valence-electron chi connectivity index (χ3n) is 4.94. The molecule has 0 aromatic heterocycles. The van der Waals surface area contributed by atoms with E-state index in [-0.39, 0.29) is 5.56 Å². The average Bonchev–Trinajstić information content (AvgIpc) is 2.71. The Labute approximate surface area is 213 Å². The van der Waals surface area contributed by atoms with Gasteiger partial charge in [-0.1, -0.05) is 105 Å². The fraction of sp³-hybridized carbons (Fsp3) is 0.136. The van der Waals surface area contributed by atoms with Gasteiger partial charge < -0.3 is 10.2 Å². The second-order valence-corrected chi connectivity index (χ2v) is 12.0. The maximum atomic E-state index is 13.2. The topological polar surface area (TPSA) is 57.5 Å². The number of aliphatic hydroxyl groups is 2. The Morgan fingerprint density at radius 3 is 1.67 bits per heavy atom. The summed E-state index contributed by atoms with van der Waals surface area (Å²) in [6, 6.07) is 22.5. The highest BCUT2D eigenvalue weighted by molar-refractivity contribution is 9.25. The summed E-state index contributed by atoms with van der Waals surface area (Å²) in [5.41, 5.74) is -0.644. The fourth-order valence-corrected chi connectivity index (χ4v) is 6.66. The van der Waals surface area contributed by atoms with E-state index in [2.05, 4.69) is 63.7 Å². The normalized spacial score (nSPS) is 12.6. The van der Waals surface area contributed by atoms with Crippen molar-refractivity contribution in [3.8, 4) is 0 Å². The van der Waals surface area contributed by atoms with E-state index < -0.39 is 19.7 Å². The zero-order valence-corrected chi connectivity index (χ0v) is 22.3. The maximum Gasteiger partial charge on any atom is 0.239 e. The van der Waals surface area contributed by atoms with E-state index >= 15 is 0 Å². The Bertz CT molecular complexity index is 1020. The molecular weight excluding hydrogens is 667 g/mol. The maximum absolute atomic E-state index is 13.2. The smallest absolute Gasteiger partial charge is 0.239 e. The Morgan fingerprint density at radius 1 is 0.767 bits per heavy atom. The molecule has 0 aliphatic heterocycles. The molecule has 2 N–H and O–H groups in total. The molecule has 0 saturated heterocycles. The second kappa shape index (κ2) is 9.14. The number of carbonyl (C=O) groups excluding carboxylic acids is 1. The third kappa shape index (κ3) is 3.76. The van der Waals surface area contributed by atoms with Crippen molar-refractivity contribution in [2.45, 2.75) is 14.4 Å². The van der Waals surface area contributed by atoms with Crippen molar-refractivity contribution in [1.82, 2.24) is 0 Å². The zero-order chi connectivity index (χ0) is 22.2. The summed E-state index contributed by atoms with van der Waals surface area (Å²) >= 11 is 20.0. The molecule has 0 aliphatic rings. The molecule has 0 spiro atoms. The summed E-state index contributed by atoms with van der Waals surface area (Å²) < 4.78 is -0.828. The number of alkyl halides is 2. The number of rotatable bonds is 6. The molecular formula is C22H15Br4ClO3. The molecule has 0 heterocycles. The molecule has 8 heteroatoms. The van der Waals surface area contributed by atoms with Crippen LogP contribution in [-0.2, 0) is 16.0 Å². The van der Waals surface area contributed by atoms with Crippen molar-refractivity contribution in [3.05, 3.63) is 104 Å². The lowest BCUT2D eigenvalue weighted by Crippen LogP contribution is -2.60. The van der Waals surface area contributed by atoms with Crippen LogP contribution in [0.4, 0.5) is 0 Å². The van der Waals surface area contributed by atoms with E-state index in [1.165, 1.54) is 0 Å². The summed E-state index contributed by atoms with van der Waals surface area (Å²) in [7, 11) is 0. The van der Waals surface area contributed by atoms with Crippen LogP contribution in [0.15, 0.2) is 87.8 Å². The SMILES string of the molecule is O=C(Cl)C(c1ccccc1)(c1ccccc1)C(Br)(Br)C(O)(O)c1cccc(Br)c1Br. The second-order valence-electron chi connectivity index (χ2n) is 6.60. The Morgan fingerprint density at radius 2 is 1.23 bits per heavy atom. The van der Waals surface area contributed by atoms with Gasteiger partial charge in [-0.2, -0.15) is 0 Å². The van der Waals surface area contributed by atoms with Gasteiger partial charge in [0.15, 0.2) is 3.23 Å². The molecule has 0 amide bonds. The number of halogens is 5. The van der Waals surface area contributed by atoms with Crippen LogP contribution in [0.3, 0.4) is 0 Å². The molecule has 0 aliphatic carbocycles. The van der Waals surface area contributed by atoms with Crippen LogP contribution in [0.5, 0.6) is 0 Å². The number of hydrogen-bond donors (Lipinski definition) is 2. The summed E-state index contributed by atoms with van der Waals surface area (Å²) in [5, 5.41) is 22.3. The Hall–Kier alpha value is -0.540. The molecule has 30 heavy (non-hydrogen) atoms. The molecule has 3 aromatic carbocycles.